The number of benzene rings is 1. The topological polar surface area (TPSA) is 72.5 Å². The Morgan fingerprint density at radius 3 is 2.82 bits per heavy atom. The van der Waals surface area contributed by atoms with Gasteiger partial charge in [0.2, 0.25) is 5.88 Å². The van der Waals surface area contributed by atoms with Crippen molar-refractivity contribution in [2.24, 2.45) is 0 Å². The van der Waals surface area contributed by atoms with E-state index in [0.717, 1.165) is 11.3 Å². The fourth-order valence-corrected chi connectivity index (χ4v) is 1.79. The molecule has 0 atom stereocenters. The number of urea groups is 1. The van der Waals surface area contributed by atoms with Crippen molar-refractivity contribution in [1.82, 2.24) is 10.3 Å². The molecule has 0 aliphatic carbocycles. The number of methoxy groups -OCH3 is 1. The van der Waals surface area contributed by atoms with Crippen LogP contribution in [0.2, 0.25) is 0 Å². The maximum atomic E-state index is 11.7. The predicted octanol–water partition coefficient (Wildman–Crippen LogP) is 2.60. The SMILES string of the molecule is COc1ccc(NC(=O)NCCOc2cccc(C)c2)cn1. The quantitative estimate of drug-likeness (QED) is 0.804. The van der Waals surface area contributed by atoms with Gasteiger partial charge in [-0.1, -0.05) is 12.1 Å². The number of hydrogen-bond donors (Lipinski definition) is 2. The summed E-state index contributed by atoms with van der Waals surface area (Å²) >= 11 is 0. The third-order valence-corrected chi connectivity index (χ3v) is 2.85. The molecule has 1 aromatic carbocycles. The monoisotopic (exact) mass is 301 g/mol. The van der Waals surface area contributed by atoms with Crippen LogP contribution in [0.5, 0.6) is 11.6 Å². The standard InChI is InChI=1S/C16H19N3O3/c1-12-4-3-5-14(10-12)22-9-8-17-16(20)19-13-6-7-15(21-2)18-11-13/h3-7,10-11H,8-9H2,1-2H3,(H2,17,19,20). The van der Waals surface area contributed by atoms with E-state index >= 15 is 0 Å². The maximum Gasteiger partial charge on any atom is 0.319 e. The first-order valence-corrected chi connectivity index (χ1v) is 6.92. The summed E-state index contributed by atoms with van der Waals surface area (Å²) in [5.74, 6) is 1.29. The van der Waals surface area contributed by atoms with Crippen molar-refractivity contribution in [2.75, 3.05) is 25.6 Å². The second kappa shape index (κ2) is 7.87. The van der Waals surface area contributed by atoms with E-state index in [9.17, 15) is 4.79 Å². The first-order valence-electron chi connectivity index (χ1n) is 6.92. The largest absolute Gasteiger partial charge is 0.492 e. The highest BCUT2D eigenvalue weighted by molar-refractivity contribution is 5.88. The average Bonchev–Trinajstić information content (AvgIpc) is 2.52. The summed E-state index contributed by atoms with van der Waals surface area (Å²) in [5.41, 5.74) is 1.73. The molecule has 0 saturated carbocycles. The minimum absolute atomic E-state index is 0.306. The molecule has 0 unspecified atom stereocenters. The van der Waals surface area contributed by atoms with Crippen molar-refractivity contribution in [3.63, 3.8) is 0 Å². The summed E-state index contributed by atoms with van der Waals surface area (Å²) in [6, 6.07) is 10.9. The normalized spacial score (nSPS) is 9.91. The molecule has 1 heterocycles. The van der Waals surface area contributed by atoms with E-state index in [1.807, 2.05) is 31.2 Å². The van der Waals surface area contributed by atoms with Gasteiger partial charge in [-0.3, -0.25) is 0 Å². The molecule has 0 aliphatic heterocycles. The molecule has 0 fully saturated rings. The Morgan fingerprint density at radius 1 is 1.27 bits per heavy atom. The average molecular weight is 301 g/mol. The molecule has 0 bridgehead atoms. The van der Waals surface area contributed by atoms with Gasteiger partial charge in [-0.25, -0.2) is 9.78 Å². The number of anilines is 1. The molecule has 2 N–H and O–H groups in total. The number of rotatable bonds is 6. The highest BCUT2D eigenvalue weighted by Crippen LogP contribution is 2.12. The molecule has 6 heteroatoms. The van der Waals surface area contributed by atoms with Crippen molar-refractivity contribution >= 4 is 11.7 Å². The molecule has 2 aromatic rings. The van der Waals surface area contributed by atoms with Gasteiger partial charge in [0.1, 0.15) is 12.4 Å². The van der Waals surface area contributed by atoms with Crippen LogP contribution in [0.3, 0.4) is 0 Å². The van der Waals surface area contributed by atoms with Crippen LogP contribution in [0.15, 0.2) is 42.6 Å². The van der Waals surface area contributed by atoms with E-state index < -0.39 is 0 Å². The van der Waals surface area contributed by atoms with Crippen molar-refractivity contribution in [2.45, 2.75) is 6.92 Å². The molecular weight excluding hydrogens is 282 g/mol. The zero-order chi connectivity index (χ0) is 15.8. The van der Waals surface area contributed by atoms with E-state index in [1.54, 1.807) is 12.1 Å². The number of ether oxygens (including phenoxy) is 2. The molecule has 116 valence electrons. The number of nitrogens with one attached hydrogen (secondary N) is 2. The second-order valence-corrected chi connectivity index (χ2v) is 4.64. The zero-order valence-corrected chi connectivity index (χ0v) is 12.6. The summed E-state index contributed by atoms with van der Waals surface area (Å²) < 4.78 is 10.5. The zero-order valence-electron chi connectivity index (χ0n) is 12.6. The summed E-state index contributed by atoms with van der Waals surface area (Å²) in [5, 5.41) is 5.39. The number of nitrogens with zero attached hydrogens (tertiary/aromatic N) is 1. The highest BCUT2D eigenvalue weighted by Gasteiger charge is 2.02. The van der Waals surface area contributed by atoms with Gasteiger partial charge in [0, 0.05) is 6.07 Å². The number of amides is 2. The Balaban J connectivity index is 1.69. The molecular formula is C16H19N3O3. The number of carbonyl (C=O) groups excluding carboxylic acids is 1. The maximum absolute atomic E-state index is 11.7. The van der Waals surface area contributed by atoms with Crippen LogP contribution in [-0.4, -0.2) is 31.3 Å². The number of hydrogen-bond acceptors (Lipinski definition) is 4. The summed E-state index contributed by atoms with van der Waals surface area (Å²) in [6.45, 7) is 2.81. The highest BCUT2D eigenvalue weighted by atomic mass is 16.5. The Morgan fingerprint density at radius 2 is 2.14 bits per heavy atom. The van der Waals surface area contributed by atoms with Gasteiger partial charge in [-0.05, 0) is 30.7 Å². The lowest BCUT2D eigenvalue weighted by Gasteiger charge is -2.09. The minimum Gasteiger partial charge on any atom is -0.492 e. The van der Waals surface area contributed by atoms with E-state index in [-0.39, 0.29) is 6.03 Å². The minimum atomic E-state index is -0.306. The molecule has 0 spiro atoms. The fraction of sp³-hybridized carbons (Fsp3) is 0.250. The Kier molecular flexibility index (Phi) is 5.59. The Bertz CT molecular complexity index is 614. The van der Waals surface area contributed by atoms with Crippen LogP contribution in [0.25, 0.3) is 0 Å². The molecule has 1 aromatic heterocycles. The van der Waals surface area contributed by atoms with Crippen LogP contribution >= 0.6 is 0 Å². The van der Waals surface area contributed by atoms with E-state index in [1.165, 1.54) is 13.3 Å². The number of aromatic nitrogens is 1. The Hall–Kier alpha value is -2.76. The summed E-state index contributed by atoms with van der Waals surface area (Å²) in [7, 11) is 1.54. The molecule has 0 aliphatic rings. The number of pyridine rings is 1. The Labute approximate surface area is 129 Å². The van der Waals surface area contributed by atoms with Gasteiger partial charge < -0.3 is 20.1 Å². The number of carbonyl (C=O) groups is 1. The van der Waals surface area contributed by atoms with Crippen LogP contribution < -0.4 is 20.1 Å². The third-order valence-electron chi connectivity index (χ3n) is 2.85. The second-order valence-electron chi connectivity index (χ2n) is 4.64. The fourth-order valence-electron chi connectivity index (χ4n) is 1.79. The molecule has 0 saturated heterocycles. The van der Waals surface area contributed by atoms with Gasteiger partial charge in [0.05, 0.1) is 25.5 Å². The smallest absolute Gasteiger partial charge is 0.319 e. The van der Waals surface area contributed by atoms with Crippen molar-refractivity contribution in [3.05, 3.63) is 48.2 Å². The molecule has 2 amide bonds. The molecule has 22 heavy (non-hydrogen) atoms. The van der Waals surface area contributed by atoms with Gasteiger partial charge in [-0.15, -0.1) is 0 Å². The third kappa shape index (κ3) is 4.97. The van der Waals surface area contributed by atoms with E-state index in [0.29, 0.717) is 24.7 Å². The van der Waals surface area contributed by atoms with Crippen molar-refractivity contribution < 1.29 is 14.3 Å². The van der Waals surface area contributed by atoms with Gasteiger partial charge >= 0.3 is 6.03 Å². The van der Waals surface area contributed by atoms with Crippen LogP contribution in [0, 0.1) is 6.92 Å². The van der Waals surface area contributed by atoms with Crippen molar-refractivity contribution in [1.29, 1.82) is 0 Å². The lowest BCUT2D eigenvalue weighted by molar-refractivity contribution is 0.247. The molecule has 2 rings (SSSR count). The van der Waals surface area contributed by atoms with Crippen LogP contribution in [-0.2, 0) is 0 Å². The van der Waals surface area contributed by atoms with Gasteiger partial charge in [0.15, 0.2) is 0 Å². The lowest BCUT2D eigenvalue weighted by atomic mass is 10.2. The number of aryl methyl sites for hydroxylation is 1. The summed E-state index contributed by atoms with van der Waals surface area (Å²) in [4.78, 5) is 15.7. The van der Waals surface area contributed by atoms with Crippen molar-refractivity contribution in [3.8, 4) is 11.6 Å². The van der Waals surface area contributed by atoms with Gasteiger partial charge in [0.25, 0.3) is 0 Å². The van der Waals surface area contributed by atoms with E-state index in [2.05, 4.69) is 15.6 Å². The molecule has 6 nitrogen and oxygen atoms in total. The van der Waals surface area contributed by atoms with E-state index in [4.69, 9.17) is 9.47 Å². The first-order chi connectivity index (χ1) is 10.7. The summed E-state index contributed by atoms with van der Waals surface area (Å²) in [6.07, 6.45) is 1.53. The molecule has 0 radical (unpaired) electrons. The van der Waals surface area contributed by atoms with Gasteiger partial charge in [-0.2, -0.15) is 0 Å². The lowest BCUT2D eigenvalue weighted by Crippen LogP contribution is -2.32. The van der Waals surface area contributed by atoms with Crippen LogP contribution in [0.4, 0.5) is 10.5 Å². The predicted molar refractivity (Wildman–Crippen MR) is 84.5 cm³/mol. The first kappa shape index (κ1) is 15.6. The van der Waals surface area contributed by atoms with Crippen LogP contribution in [0.1, 0.15) is 5.56 Å².